The van der Waals surface area contributed by atoms with Gasteiger partial charge in [-0.3, -0.25) is 20.4 Å². The molecule has 1 fully saturated rings. The molecule has 7 nitrogen and oxygen atoms in total. The molecule has 1 saturated heterocycles. The molecule has 1 heterocycles. The van der Waals surface area contributed by atoms with Gasteiger partial charge in [-0.1, -0.05) is 12.1 Å². The molecule has 1 atom stereocenters. The van der Waals surface area contributed by atoms with E-state index in [-0.39, 0.29) is 23.1 Å². The van der Waals surface area contributed by atoms with Crippen LogP contribution in [0.5, 0.6) is 0 Å². The first-order chi connectivity index (χ1) is 9.22. The van der Waals surface area contributed by atoms with Crippen molar-refractivity contribution in [1.82, 2.24) is 10.9 Å². The Morgan fingerprint density at radius 3 is 2.74 bits per heavy atom. The third kappa shape index (κ3) is 3.14. The van der Waals surface area contributed by atoms with Crippen LogP contribution >= 0.6 is 0 Å². The van der Waals surface area contributed by atoms with E-state index in [1.807, 2.05) is 0 Å². The molecule has 2 rings (SSSR count). The van der Waals surface area contributed by atoms with Gasteiger partial charge in [-0.2, -0.15) is 0 Å². The van der Waals surface area contributed by atoms with Crippen molar-refractivity contribution in [3.63, 3.8) is 0 Å². The molecule has 1 aliphatic rings. The number of nitroso groups, excluding NO2 is 1. The average molecular weight is 264 g/mol. The second-order valence-electron chi connectivity index (χ2n) is 4.15. The first kappa shape index (κ1) is 13.2. The maximum Gasteiger partial charge on any atom is 0.276 e. The van der Waals surface area contributed by atoms with Gasteiger partial charge in [0, 0.05) is 22.8 Å². The lowest BCUT2D eigenvalue weighted by atomic mass is 10.1. The minimum atomic E-state index is -0.550. The molecule has 0 spiro atoms. The molecule has 19 heavy (non-hydrogen) atoms. The van der Waals surface area contributed by atoms with Crippen LogP contribution in [0, 0.1) is 10.8 Å². The summed E-state index contributed by atoms with van der Waals surface area (Å²) >= 11 is 0. The van der Waals surface area contributed by atoms with Crippen molar-refractivity contribution in [2.45, 2.75) is 6.42 Å². The fourth-order valence-corrected chi connectivity index (χ4v) is 1.80. The van der Waals surface area contributed by atoms with Crippen LogP contribution in [0.15, 0.2) is 24.3 Å². The first-order valence-electron chi connectivity index (χ1n) is 5.87. The molecular weight excluding hydrogens is 250 g/mol. The number of benzene rings is 1. The third-order valence-electron chi connectivity index (χ3n) is 2.88. The Labute approximate surface area is 109 Å². The van der Waals surface area contributed by atoms with Crippen LogP contribution in [-0.4, -0.2) is 25.0 Å². The molecule has 0 aliphatic carbocycles. The van der Waals surface area contributed by atoms with Crippen LogP contribution in [0.4, 0.5) is 5.69 Å². The molecule has 0 saturated carbocycles. The zero-order chi connectivity index (χ0) is 13.7. The number of hydrogen-bond acceptors (Lipinski definition) is 4. The van der Waals surface area contributed by atoms with Gasteiger partial charge in [0.1, 0.15) is 5.56 Å². The Kier molecular flexibility index (Phi) is 4.19. The molecule has 1 aromatic carbocycles. The Bertz CT molecular complexity index is 498. The summed E-state index contributed by atoms with van der Waals surface area (Å²) in [5.74, 6) is -1.09. The minimum Gasteiger partial charge on any atom is -0.381 e. The predicted octanol–water partition coefficient (Wildman–Crippen LogP) is -1.04. The fourth-order valence-electron chi connectivity index (χ4n) is 1.80. The zero-order valence-corrected chi connectivity index (χ0v) is 10.1. The molecule has 2 amide bonds. The van der Waals surface area contributed by atoms with Gasteiger partial charge in [0.25, 0.3) is 11.6 Å². The van der Waals surface area contributed by atoms with E-state index in [1.165, 1.54) is 12.1 Å². The van der Waals surface area contributed by atoms with Crippen LogP contribution in [0.3, 0.4) is 0 Å². The maximum atomic E-state index is 11.8. The monoisotopic (exact) mass is 264 g/mol. The van der Waals surface area contributed by atoms with E-state index in [4.69, 9.17) is 4.74 Å². The summed E-state index contributed by atoms with van der Waals surface area (Å²) in [6.07, 6.45) is 0.639. The van der Waals surface area contributed by atoms with Crippen molar-refractivity contribution >= 4 is 17.5 Å². The van der Waals surface area contributed by atoms with Crippen molar-refractivity contribution < 1.29 is 19.5 Å². The van der Waals surface area contributed by atoms with Crippen molar-refractivity contribution in [1.29, 1.82) is 0 Å². The predicted molar refractivity (Wildman–Crippen MR) is 65.0 cm³/mol. The number of hydrogen-bond donors (Lipinski definition) is 3. The number of carbonyl (C=O) groups excluding carboxylic acids is 2. The average Bonchev–Trinajstić information content (AvgIpc) is 2.98. The van der Waals surface area contributed by atoms with Crippen molar-refractivity contribution in [3.8, 4) is 0 Å². The van der Waals surface area contributed by atoms with Gasteiger partial charge >= 0.3 is 0 Å². The summed E-state index contributed by atoms with van der Waals surface area (Å²) in [6, 6.07) is 6.22. The van der Waals surface area contributed by atoms with Gasteiger partial charge < -0.3 is 4.74 Å². The lowest BCUT2D eigenvalue weighted by Gasteiger charge is -2.10. The van der Waals surface area contributed by atoms with Crippen LogP contribution < -0.4 is 16.0 Å². The minimum absolute atomic E-state index is 0.151. The van der Waals surface area contributed by atoms with Gasteiger partial charge in [0.05, 0.1) is 12.5 Å². The van der Waals surface area contributed by atoms with E-state index in [0.29, 0.717) is 19.6 Å². The van der Waals surface area contributed by atoms with E-state index in [9.17, 15) is 14.5 Å². The summed E-state index contributed by atoms with van der Waals surface area (Å²) < 4.78 is 5.08. The Balaban J connectivity index is 1.93. The number of ether oxygens (including phenoxy) is 1. The van der Waals surface area contributed by atoms with Gasteiger partial charge in [-0.05, 0) is 12.5 Å². The molecule has 1 aromatic rings. The van der Waals surface area contributed by atoms with Crippen LogP contribution in [0.25, 0.3) is 0 Å². The summed E-state index contributed by atoms with van der Waals surface area (Å²) in [6.45, 7) is 0.912. The van der Waals surface area contributed by atoms with Gasteiger partial charge in [-0.15, -0.1) is 0 Å². The summed E-state index contributed by atoms with van der Waals surface area (Å²) in [4.78, 5) is 34.1. The molecule has 1 unspecified atom stereocenters. The lowest BCUT2D eigenvalue weighted by molar-refractivity contribution is -0.379. The van der Waals surface area contributed by atoms with Crippen molar-refractivity contribution in [3.05, 3.63) is 34.7 Å². The molecule has 3 N–H and O–H groups in total. The number of amides is 2. The number of nitrogens with one attached hydrogen (secondary N) is 3. The first-order valence-corrected chi connectivity index (χ1v) is 5.87. The Morgan fingerprint density at radius 1 is 1.26 bits per heavy atom. The molecule has 0 radical (unpaired) electrons. The van der Waals surface area contributed by atoms with Crippen LogP contribution in [0.2, 0.25) is 0 Å². The highest BCUT2D eigenvalue weighted by Crippen LogP contribution is 2.12. The largest absolute Gasteiger partial charge is 0.381 e. The normalized spacial score (nSPS) is 17.8. The molecule has 7 heteroatoms. The number of hydrazine groups is 1. The van der Waals surface area contributed by atoms with E-state index < -0.39 is 5.91 Å². The molecule has 100 valence electrons. The lowest BCUT2D eigenvalue weighted by Crippen LogP contribution is -2.57. The topological polar surface area (TPSA) is 98.5 Å². The highest BCUT2D eigenvalue weighted by Gasteiger charge is 2.24. The number of rotatable bonds is 3. The Morgan fingerprint density at radius 2 is 2.05 bits per heavy atom. The number of carbonyl (C=O) groups is 2. The summed E-state index contributed by atoms with van der Waals surface area (Å²) in [5.41, 5.74) is 4.92. The van der Waals surface area contributed by atoms with E-state index in [1.54, 1.807) is 17.3 Å². The van der Waals surface area contributed by atoms with E-state index in [2.05, 4.69) is 10.9 Å². The third-order valence-corrected chi connectivity index (χ3v) is 2.88. The fraction of sp³-hybridized carbons (Fsp3) is 0.333. The second-order valence-corrected chi connectivity index (χ2v) is 4.15. The quantitative estimate of drug-likeness (QED) is 0.607. The van der Waals surface area contributed by atoms with Crippen LogP contribution in [0.1, 0.15) is 16.8 Å². The molecule has 0 bridgehead atoms. The standard InChI is InChI=1S/C12H13N3O4/c16-11(8-5-6-19-7-8)13-14-12(17)9-3-1-2-4-10(9)15-18/h1-4,8H,5-7H2,(H,13,16)(H,14,17)/p+1. The van der Waals surface area contributed by atoms with Gasteiger partial charge in [-0.25, -0.2) is 0 Å². The zero-order valence-electron chi connectivity index (χ0n) is 10.1. The Hall–Kier alpha value is -2.28. The smallest absolute Gasteiger partial charge is 0.276 e. The van der Waals surface area contributed by atoms with Crippen molar-refractivity contribution in [2.24, 2.45) is 5.92 Å². The molecular formula is C12H14N3O4+. The van der Waals surface area contributed by atoms with Gasteiger partial charge in [0.15, 0.2) is 0 Å². The summed E-state index contributed by atoms with van der Waals surface area (Å²) in [5, 5.41) is 1.68. The highest BCUT2D eigenvalue weighted by atomic mass is 16.5. The maximum absolute atomic E-state index is 11.8. The van der Waals surface area contributed by atoms with E-state index in [0.717, 1.165) is 0 Å². The van der Waals surface area contributed by atoms with Crippen molar-refractivity contribution in [2.75, 3.05) is 13.2 Å². The van der Waals surface area contributed by atoms with Crippen LogP contribution in [-0.2, 0) is 9.53 Å². The SMILES string of the molecule is O=[NH+]c1ccccc1C(=O)NNC(=O)C1CCOC1. The molecule has 0 aromatic heterocycles. The highest BCUT2D eigenvalue weighted by molar-refractivity contribution is 5.98. The van der Waals surface area contributed by atoms with E-state index >= 15 is 0 Å². The summed E-state index contributed by atoms with van der Waals surface area (Å²) in [7, 11) is 0. The van der Waals surface area contributed by atoms with Gasteiger partial charge in [0.2, 0.25) is 5.91 Å². The number of para-hydroxylation sites is 1. The second kappa shape index (κ2) is 6.05. The molecule has 1 aliphatic heterocycles.